The molecule has 1 atom stereocenters. The highest BCUT2D eigenvalue weighted by molar-refractivity contribution is 6.39. The molecule has 0 aromatic heterocycles. The molecule has 4 amide bonds. The number of anilines is 1. The molecule has 0 fully saturated rings. The van der Waals surface area contributed by atoms with Gasteiger partial charge in [-0.2, -0.15) is 0 Å². The molecule has 0 aliphatic carbocycles. The van der Waals surface area contributed by atoms with Crippen LogP contribution in [0.4, 0.5) is 5.69 Å². The number of hydrogen-bond donors (Lipinski definition) is 2. The van der Waals surface area contributed by atoms with E-state index < -0.39 is 36.3 Å². The van der Waals surface area contributed by atoms with Gasteiger partial charge >= 0.3 is 0 Å². The monoisotopic (exact) mass is 520 g/mol. The van der Waals surface area contributed by atoms with Crippen molar-refractivity contribution in [3.63, 3.8) is 0 Å². The van der Waals surface area contributed by atoms with E-state index in [-0.39, 0.29) is 46.1 Å². The van der Waals surface area contributed by atoms with E-state index in [0.717, 1.165) is 20.9 Å². The van der Waals surface area contributed by atoms with Crippen LogP contribution in [0, 0.1) is 0 Å². The Bertz CT molecular complexity index is 1590. The second kappa shape index (κ2) is 9.58. The maximum atomic E-state index is 13.7. The predicted octanol–water partition coefficient (Wildman–Crippen LogP) is 3.37. The third kappa shape index (κ3) is 3.84. The summed E-state index contributed by atoms with van der Waals surface area (Å²) in [6.07, 6.45) is 0.740. The number of aliphatic hydroxyl groups is 2. The average Bonchev–Trinajstić information content (AvgIpc) is 2.96. The minimum atomic E-state index is -0.782. The number of nitrogens with zero attached hydrogens (tertiary/aromatic N) is 2. The van der Waals surface area contributed by atoms with Crippen LogP contribution in [0.15, 0.2) is 78.9 Å². The second-order valence-corrected chi connectivity index (χ2v) is 9.66. The fourth-order valence-corrected chi connectivity index (χ4v) is 5.52. The lowest BCUT2D eigenvalue weighted by Gasteiger charge is -2.35. The van der Waals surface area contributed by atoms with Crippen molar-refractivity contribution < 1.29 is 29.4 Å². The molecule has 39 heavy (non-hydrogen) atoms. The van der Waals surface area contributed by atoms with Gasteiger partial charge in [0.25, 0.3) is 23.6 Å². The summed E-state index contributed by atoms with van der Waals surface area (Å²) in [5.74, 6) is -2.25. The molecule has 0 spiro atoms. The van der Waals surface area contributed by atoms with Crippen molar-refractivity contribution in [1.29, 1.82) is 0 Å². The molecule has 194 valence electrons. The Morgan fingerprint density at radius 2 is 1.10 bits per heavy atom. The number of carbonyl (C=O) groups excluding carboxylic acids is 4. The number of rotatable bonds is 7. The van der Waals surface area contributed by atoms with Gasteiger partial charge in [0.15, 0.2) is 0 Å². The van der Waals surface area contributed by atoms with Crippen LogP contribution in [-0.4, -0.2) is 58.0 Å². The highest BCUT2D eigenvalue weighted by Gasteiger charge is 2.42. The van der Waals surface area contributed by atoms with Gasteiger partial charge in [-0.3, -0.25) is 24.1 Å². The lowest BCUT2D eigenvalue weighted by atomic mass is 9.85. The van der Waals surface area contributed by atoms with Crippen molar-refractivity contribution in [3.8, 4) is 0 Å². The SMILES string of the molecule is O=C1c2ccc3c4c(ccc(c24)C(=O)N1c1ccc(CCO)cc1)C(=O)N(C(CO)Cc1ccccc1)C3=O. The van der Waals surface area contributed by atoms with Crippen LogP contribution >= 0.6 is 0 Å². The summed E-state index contributed by atoms with van der Waals surface area (Å²) < 4.78 is 0. The molecule has 4 aromatic rings. The zero-order chi connectivity index (χ0) is 27.3. The summed E-state index contributed by atoms with van der Waals surface area (Å²) in [7, 11) is 0. The summed E-state index contributed by atoms with van der Waals surface area (Å²) in [5.41, 5.74) is 2.98. The van der Waals surface area contributed by atoms with Gasteiger partial charge < -0.3 is 10.2 Å². The minimum absolute atomic E-state index is 0.0128. The van der Waals surface area contributed by atoms with Gasteiger partial charge in [-0.1, -0.05) is 42.5 Å². The first-order valence-corrected chi connectivity index (χ1v) is 12.7. The summed E-state index contributed by atoms with van der Waals surface area (Å²) in [5, 5.41) is 19.9. The Morgan fingerprint density at radius 3 is 1.59 bits per heavy atom. The van der Waals surface area contributed by atoms with E-state index in [0.29, 0.717) is 12.1 Å². The Balaban J connectivity index is 1.43. The molecule has 0 radical (unpaired) electrons. The fourth-order valence-electron chi connectivity index (χ4n) is 5.52. The molecule has 2 aliphatic heterocycles. The van der Waals surface area contributed by atoms with E-state index in [1.165, 1.54) is 24.3 Å². The van der Waals surface area contributed by atoms with Crippen LogP contribution < -0.4 is 4.90 Å². The molecule has 0 saturated carbocycles. The number of amides is 4. The Kier molecular flexibility index (Phi) is 6.06. The average molecular weight is 521 g/mol. The maximum absolute atomic E-state index is 13.7. The third-order valence-corrected chi connectivity index (χ3v) is 7.41. The van der Waals surface area contributed by atoms with Crippen molar-refractivity contribution in [1.82, 2.24) is 4.90 Å². The first kappa shape index (κ1) is 24.7. The molecule has 0 bridgehead atoms. The van der Waals surface area contributed by atoms with Gasteiger partial charge in [-0.25, -0.2) is 4.90 Å². The van der Waals surface area contributed by atoms with Gasteiger partial charge in [0.1, 0.15) is 0 Å². The van der Waals surface area contributed by atoms with Crippen LogP contribution in [0.5, 0.6) is 0 Å². The lowest BCUT2D eigenvalue weighted by Crippen LogP contribution is -2.50. The Hall–Kier alpha value is -4.66. The predicted molar refractivity (Wildman–Crippen MR) is 144 cm³/mol. The van der Waals surface area contributed by atoms with Crippen molar-refractivity contribution in [2.24, 2.45) is 0 Å². The van der Waals surface area contributed by atoms with Crippen molar-refractivity contribution in [3.05, 3.63) is 112 Å². The number of carbonyl (C=O) groups is 4. The Morgan fingerprint density at radius 1 is 0.590 bits per heavy atom. The quantitative estimate of drug-likeness (QED) is 0.361. The van der Waals surface area contributed by atoms with E-state index >= 15 is 0 Å². The van der Waals surface area contributed by atoms with Gasteiger partial charge in [0.2, 0.25) is 0 Å². The summed E-state index contributed by atoms with van der Waals surface area (Å²) in [6.45, 7) is -0.425. The molecular weight excluding hydrogens is 496 g/mol. The summed E-state index contributed by atoms with van der Waals surface area (Å²) >= 11 is 0. The van der Waals surface area contributed by atoms with Gasteiger partial charge in [-0.15, -0.1) is 0 Å². The van der Waals surface area contributed by atoms with E-state index in [9.17, 15) is 24.3 Å². The fraction of sp³-hybridized carbons (Fsp3) is 0.161. The smallest absolute Gasteiger partial charge is 0.265 e. The van der Waals surface area contributed by atoms with Crippen LogP contribution in [0.1, 0.15) is 52.6 Å². The van der Waals surface area contributed by atoms with Crippen LogP contribution in [0.2, 0.25) is 0 Å². The molecule has 2 N–H and O–H groups in total. The van der Waals surface area contributed by atoms with E-state index in [1.807, 2.05) is 30.3 Å². The topological polar surface area (TPSA) is 115 Å². The van der Waals surface area contributed by atoms with Crippen LogP contribution in [0.25, 0.3) is 10.8 Å². The van der Waals surface area contributed by atoms with Gasteiger partial charge in [0.05, 0.1) is 18.3 Å². The molecule has 8 nitrogen and oxygen atoms in total. The van der Waals surface area contributed by atoms with Gasteiger partial charge in [0, 0.05) is 39.6 Å². The summed E-state index contributed by atoms with van der Waals surface area (Å²) in [6, 6.07) is 21.4. The minimum Gasteiger partial charge on any atom is -0.396 e. The standard InChI is InChI=1S/C31H24N2O6/c34-15-14-18-6-8-20(9-7-18)32-28(36)22-10-12-24-27-25(13-11-23(26(22)27)29(32)37)31(39)33(30(24)38)21(17-35)16-19-4-2-1-3-5-19/h1-13,21,34-35H,14-17H2. The van der Waals surface area contributed by atoms with Gasteiger partial charge in [-0.05, 0) is 60.4 Å². The van der Waals surface area contributed by atoms with Crippen LogP contribution in [-0.2, 0) is 12.8 Å². The van der Waals surface area contributed by atoms with Crippen molar-refractivity contribution >= 4 is 40.1 Å². The molecule has 4 aromatic carbocycles. The van der Waals surface area contributed by atoms with E-state index in [2.05, 4.69) is 0 Å². The highest BCUT2D eigenvalue weighted by Crippen LogP contribution is 2.39. The maximum Gasteiger partial charge on any atom is 0.265 e. The molecule has 2 heterocycles. The Labute approximate surface area is 223 Å². The molecular formula is C31H24N2O6. The van der Waals surface area contributed by atoms with E-state index in [1.54, 1.807) is 24.3 Å². The number of benzene rings is 4. The summed E-state index contributed by atoms with van der Waals surface area (Å²) in [4.78, 5) is 56.7. The molecule has 6 rings (SSSR count). The molecule has 2 aliphatic rings. The lowest BCUT2D eigenvalue weighted by molar-refractivity contribution is 0.0470. The molecule has 1 unspecified atom stereocenters. The number of aliphatic hydroxyl groups excluding tert-OH is 2. The molecule has 8 heteroatoms. The number of hydrogen-bond acceptors (Lipinski definition) is 6. The zero-order valence-electron chi connectivity index (χ0n) is 20.8. The van der Waals surface area contributed by atoms with E-state index in [4.69, 9.17) is 5.11 Å². The first-order chi connectivity index (χ1) is 18.9. The second-order valence-electron chi connectivity index (χ2n) is 9.66. The first-order valence-electron chi connectivity index (χ1n) is 12.7. The number of imide groups is 2. The van der Waals surface area contributed by atoms with Crippen molar-refractivity contribution in [2.75, 3.05) is 18.1 Å². The van der Waals surface area contributed by atoms with Crippen molar-refractivity contribution in [2.45, 2.75) is 18.9 Å². The normalized spacial score (nSPS) is 15.3. The highest BCUT2D eigenvalue weighted by atomic mass is 16.3. The third-order valence-electron chi connectivity index (χ3n) is 7.41. The molecule has 0 saturated heterocycles. The van der Waals surface area contributed by atoms with Crippen LogP contribution in [0.3, 0.4) is 0 Å². The zero-order valence-corrected chi connectivity index (χ0v) is 20.8. The largest absolute Gasteiger partial charge is 0.396 e.